The molecule has 10 heteroatoms. The summed E-state index contributed by atoms with van der Waals surface area (Å²) in [5, 5.41) is 7.39. The van der Waals surface area contributed by atoms with Crippen molar-refractivity contribution in [2.45, 2.75) is 72.1 Å². The van der Waals surface area contributed by atoms with E-state index < -0.39 is 0 Å². The molecule has 0 amide bonds. The molecule has 0 saturated carbocycles. The SMILES string of the molecule is CC(C)c1ccc(B2NB(c3ccc(C(C)(C)C)c(N)c3)NB(c3ccc(C(C)(C)C)c(N)c3)N2N)cc1N. The van der Waals surface area contributed by atoms with Gasteiger partial charge >= 0.3 is 20.9 Å². The third kappa shape index (κ3) is 5.99. The van der Waals surface area contributed by atoms with Gasteiger partial charge in [0.2, 0.25) is 0 Å². The Morgan fingerprint density at radius 1 is 0.641 bits per heavy atom. The number of hydrazine groups is 1. The largest absolute Gasteiger partial charge is 0.399 e. The lowest BCUT2D eigenvalue weighted by Gasteiger charge is -2.40. The molecule has 0 bridgehead atoms. The average Bonchev–Trinajstić information content (AvgIpc) is 2.82. The van der Waals surface area contributed by atoms with Crippen LogP contribution >= 0.6 is 0 Å². The Morgan fingerprint density at radius 3 is 1.46 bits per heavy atom. The molecule has 0 aromatic heterocycles. The summed E-state index contributed by atoms with van der Waals surface area (Å²) in [6.45, 7) is 16.5. The summed E-state index contributed by atoms with van der Waals surface area (Å²) in [6.07, 6.45) is 0. The number of nitrogens with two attached hydrogens (primary N) is 4. The standard InChI is InChI=1S/C29H44B3N7/c1-18(2)22-12-9-20(16-25(22)33)31-37-30(19-10-13-23(26(34)15-19)28(3,4)5)38-32(39(31)36)21-11-14-24(27(35)17-21)29(6,7)8/h9-18,37-38H,33-36H2,1-8H3. The maximum Gasteiger partial charge on any atom is 0.337 e. The summed E-state index contributed by atoms with van der Waals surface area (Å²) in [6, 6.07) is 18.8. The Labute approximate surface area is 235 Å². The molecule has 1 saturated heterocycles. The fourth-order valence-corrected chi connectivity index (χ4v) is 5.58. The molecule has 3 aromatic carbocycles. The lowest BCUT2D eigenvalue weighted by Crippen LogP contribution is -2.85. The lowest BCUT2D eigenvalue weighted by atomic mass is 9.42. The van der Waals surface area contributed by atoms with E-state index in [4.69, 9.17) is 23.0 Å². The van der Waals surface area contributed by atoms with Crippen LogP contribution in [0.3, 0.4) is 0 Å². The van der Waals surface area contributed by atoms with E-state index in [1.807, 2.05) is 12.1 Å². The van der Waals surface area contributed by atoms with E-state index in [-0.39, 0.29) is 31.8 Å². The van der Waals surface area contributed by atoms with Crippen molar-refractivity contribution in [2.75, 3.05) is 17.2 Å². The maximum absolute atomic E-state index is 6.86. The Kier molecular flexibility index (Phi) is 7.89. The van der Waals surface area contributed by atoms with Crippen molar-refractivity contribution in [2.24, 2.45) is 5.84 Å². The van der Waals surface area contributed by atoms with Gasteiger partial charge in [0.25, 0.3) is 0 Å². The number of nitrogens with one attached hydrogen (secondary N) is 2. The zero-order valence-electron chi connectivity index (χ0n) is 24.8. The van der Waals surface area contributed by atoms with E-state index in [0.29, 0.717) is 5.92 Å². The molecule has 0 unspecified atom stereocenters. The number of hydrogen-bond acceptors (Lipinski definition) is 7. The second-order valence-electron chi connectivity index (χ2n) is 13.3. The first kappa shape index (κ1) is 29.1. The molecule has 1 fully saturated rings. The van der Waals surface area contributed by atoms with E-state index in [1.165, 1.54) is 0 Å². The Hall–Kier alpha value is -2.91. The minimum absolute atomic E-state index is 0.0445. The van der Waals surface area contributed by atoms with Gasteiger partial charge < -0.3 is 27.5 Å². The minimum Gasteiger partial charge on any atom is -0.399 e. The second kappa shape index (κ2) is 10.6. The summed E-state index contributed by atoms with van der Waals surface area (Å²) in [4.78, 5) is 1.80. The minimum atomic E-state index is -0.313. The van der Waals surface area contributed by atoms with Gasteiger partial charge in [0, 0.05) is 17.1 Å². The third-order valence-electron chi connectivity index (χ3n) is 7.71. The molecule has 204 valence electrons. The van der Waals surface area contributed by atoms with Crippen LogP contribution in [0.15, 0.2) is 54.6 Å². The summed E-state index contributed by atoms with van der Waals surface area (Å²) in [5.74, 6) is 7.20. The van der Waals surface area contributed by atoms with Gasteiger partial charge in [-0.1, -0.05) is 91.8 Å². The highest BCUT2D eigenvalue weighted by atomic mass is 15.4. The van der Waals surface area contributed by atoms with Crippen molar-refractivity contribution in [3.63, 3.8) is 0 Å². The summed E-state index contributed by atoms with van der Waals surface area (Å²) in [5.41, 5.74) is 28.2. The number of hydrogen-bond donors (Lipinski definition) is 6. The first-order valence-corrected chi connectivity index (χ1v) is 13.8. The smallest absolute Gasteiger partial charge is 0.337 e. The van der Waals surface area contributed by atoms with Crippen molar-refractivity contribution in [3.05, 3.63) is 71.3 Å². The van der Waals surface area contributed by atoms with Crippen molar-refractivity contribution >= 4 is 54.4 Å². The number of benzene rings is 3. The molecule has 10 N–H and O–H groups in total. The van der Waals surface area contributed by atoms with Crippen LogP contribution in [0.2, 0.25) is 0 Å². The van der Waals surface area contributed by atoms with Crippen LogP contribution in [0.4, 0.5) is 17.1 Å². The van der Waals surface area contributed by atoms with Gasteiger partial charge in [-0.25, -0.2) is 0 Å². The van der Waals surface area contributed by atoms with Gasteiger partial charge in [-0.05, 0) is 68.0 Å². The van der Waals surface area contributed by atoms with E-state index in [1.54, 1.807) is 4.83 Å². The number of nitrogen functional groups attached to an aromatic ring is 3. The first-order valence-electron chi connectivity index (χ1n) is 13.8. The summed E-state index contributed by atoms with van der Waals surface area (Å²) >= 11 is 0. The normalized spacial score (nSPS) is 15.4. The van der Waals surface area contributed by atoms with E-state index in [0.717, 1.165) is 50.1 Å². The molecule has 7 nitrogen and oxygen atoms in total. The Balaban J connectivity index is 1.78. The predicted molar refractivity (Wildman–Crippen MR) is 173 cm³/mol. The van der Waals surface area contributed by atoms with Crippen LogP contribution in [0.1, 0.15) is 78.0 Å². The molecular formula is C29H44B3N7. The topological polar surface area (TPSA) is 131 Å². The van der Waals surface area contributed by atoms with E-state index >= 15 is 0 Å². The molecular weight excluding hydrogens is 479 g/mol. The van der Waals surface area contributed by atoms with Gasteiger partial charge in [-0.15, -0.1) is 0 Å². The maximum atomic E-state index is 6.86. The van der Waals surface area contributed by atoms with E-state index in [9.17, 15) is 0 Å². The van der Waals surface area contributed by atoms with Crippen LogP contribution in [0, 0.1) is 0 Å². The van der Waals surface area contributed by atoms with Gasteiger partial charge in [0.1, 0.15) is 0 Å². The molecule has 1 aliphatic heterocycles. The Morgan fingerprint density at radius 2 is 1.05 bits per heavy atom. The van der Waals surface area contributed by atoms with Crippen molar-refractivity contribution in [3.8, 4) is 0 Å². The Bertz CT molecular complexity index is 1350. The highest BCUT2D eigenvalue weighted by Gasteiger charge is 2.44. The molecule has 39 heavy (non-hydrogen) atoms. The zero-order chi connectivity index (χ0) is 28.9. The lowest BCUT2D eigenvalue weighted by molar-refractivity contribution is 0.592. The van der Waals surface area contributed by atoms with Crippen LogP contribution in [0.25, 0.3) is 0 Å². The summed E-state index contributed by atoms with van der Waals surface area (Å²) in [7, 11) is 0. The third-order valence-corrected chi connectivity index (χ3v) is 7.71. The van der Waals surface area contributed by atoms with Crippen LogP contribution in [-0.2, 0) is 10.8 Å². The average molecular weight is 523 g/mol. The predicted octanol–water partition coefficient (Wildman–Crippen LogP) is 2.01. The first-order chi connectivity index (χ1) is 18.1. The van der Waals surface area contributed by atoms with Crippen LogP contribution < -0.4 is 49.7 Å². The molecule has 0 radical (unpaired) electrons. The van der Waals surface area contributed by atoms with Crippen molar-refractivity contribution in [1.82, 2.24) is 15.1 Å². The molecule has 1 heterocycles. The molecule has 4 rings (SSSR count). The number of nitrogens with zero attached hydrogens (tertiary/aromatic N) is 1. The summed E-state index contributed by atoms with van der Waals surface area (Å²) < 4.78 is 0. The van der Waals surface area contributed by atoms with Crippen molar-refractivity contribution in [1.29, 1.82) is 0 Å². The number of anilines is 3. The molecule has 1 aliphatic rings. The van der Waals surface area contributed by atoms with Crippen LogP contribution in [0.5, 0.6) is 0 Å². The zero-order valence-corrected chi connectivity index (χ0v) is 24.8. The van der Waals surface area contributed by atoms with Gasteiger partial charge in [0.15, 0.2) is 0 Å². The van der Waals surface area contributed by atoms with Crippen LogP contribution in [-0.4, -0.2) is 25.8 Å². The highest BCUT2D eigenvalue weighted by Crippen LogP contribution is 2.28. The molecule has 0 aliphatic carbocycles. The quantitative estimate of drug-likeness (QED) is 0.175. The van der Waals surface area contributed by atoms with Gasteiger partial charge in [-0.2, -0.15) is 0 Å². The highest BCUT2D eigenvalue weighted by molar-refractivity contribution is 6.98. The molecule has 0 atom stereocenters. The monoisotopic (exact) mass is 523 g/mol. The van der Waals surface area contributed by atoms with Gasteiger partial charge in [-0.3, -0.25) is 10.7 Å². The van der Waals surface area contributed by atoms with Gasteiger partial charge in [0.05, 0.1) is 0 Å². The number of rotatable bonds is 4. The molecule has 3 aromatic rings. The fraction of sp³-hybridized carbons (Fsp3) is 0.379. The van der Waals surface area contributed by atoms with E-state index in [2.05, 4.69) is 108 Å². The second-order valence-corrected chi connectivity index (χ2v) is 13.3. The fourth-order valence-electron chi connectivity index (χ4n) is 5.58. The van der Waals surface area contributed by atoms with Crippen molar-refractivity contribution < 1.29 is 0 Å². The molecule has 0 spiro atoms.